The lowest BCUT2D eigenvalue weighted by atomic mass is 10.0. The first kappa shape index (κ1) is 19.8. The van der Waals surface area contributed by atoms with E-state index in [1.165, 1.54) is 12.1 Å². The van der Waals surface area contributed by atoms with Crippen LogP contribution >= 0.6 is 0 Å². The Hall–Kier alpha value is -3.49. The zero-order valence-corrected chi connectivity index (χ0v) is 16.6. The van der Waals surface area contributed by atoms with E-state index >= 15 is 0 Å². The second-order valence-electron chi connectivity index (χ2n) is 6.98. The van der Waals surface area contributed by atoms with E-state index in [1.54, 1.807) is 42.6 Å². The van der Waals surface area contributed by atoms with Crippen LogP contribution in [0.4, 0.5) is 5.82 Å². The van der Waals surface area contributed by atoms with Crippen molar-refractivity contribution in [3.05, 3.63) is 78.5 Å². The van der Waals surface area contributed by atoms with Crippen molar-refractivity contribution < 1.29 is 18.3 Å². The van der Waals surface area contributed by atoms with Crippen LogP contribution in [0.5, 0.6) is 0 Å². The Kier molecular flexibility index (Phi) is 5.11. The van der Waals surface area contributed by atoms with Crippen LogP contribution in [0.2, 0.25) is 0 Å². The summed E-state index contributed by atoms with van der Waals surface area (Å²) in [5.41, 5.74) is 6.51. The van der Waals surface area contributed by atoms with Gasteiger partial charge in [0, 0.05) is 11.6 Å². The summed E-state index contributed by atoms with van der Waals surface area (Å²) in [4.78, 5) is 15.8. The molecule has 0 aliphatic carbocycles. The molecule has 1 unspecified atom stereocenters. The first-order valence-corrected chi connectivity index (χ1v) is 10.7. The highest BCUT2D eigenvalue weighted by Crippen LogP contribution is 2.22. The molecule has 1 heterocycles. The van der Waals surface area contributed by atoms with Crippen LogP contribution in [0.25, 0.3) is 21.5 Å². The molecule has 0 spiro atoms. The normalized spacial score (nSPS) is 12.8. The smallest absolute Gasteiger partial charge is 0.322 e. The molecule has 0 saturated heterocycles. The number of aliphatic carboxylic acids is 1. The number of carbonyl (C=O) groups is 1. The number of hydrogen-bond acceptors (Lipinski definition) is 5. The van der Waals surface area contributed by atoms with Crippen LogP contribution in [0, 0.1) is 0 Å². The second kappa shape index (κ2) is 7.74. The van der Waals surface area contributed by atoms with Gasteiger partial charge in [0.15, 0.2) is 0 Å². The third-order valence-electron chi connectivity index (χ3n) is 4.93. The van der Waals surface area contributed by atoms with Gasteiger partial charge < -0.3 is 10.8 Å². The maximum atomic E-state index is 12.8. The molecule has 0 bridgehead atoms. The van der Waals surface area contributed by atoms with Gasteiger partial charge in [-0.25, -0.2) is 13.4 Å². The van der Waals surface area contributed by atoms with Crippen LogP contribution < -0.4 is 10.5 Å². The van der Waals surface area contributed by atoms with E-state index in [9.17, 15) is 18.3 Å². The van der Waals surface area contributed by atoms with E-state index in [1.807, 2.05) is 18.2 Å². The predicted molar refractivity (Wildman–Crippen MR) is 116 cm³/mol. The average molecular weight is 421 g/mol. The van der Waals surface area contributed by atoms with Crippen LogP contribution in [0.15, 0.2) is 77.8 Å². The molecule has 1 aromatic heterocycles. The molecule has 7 nitrogen and oxygen atoms in total. The fourth-order valence-electron chi connectivity index (χ4n) is 3.38. The molecular weight excluding hydrogens is 402 g/mol. The Bertz CT molecular complexity index is 1370. The van der Waals surface area contributed by atoms with Crippen molar-refractivity contribution in [1.82, 2.24) is 9.71 Å². The number of benzene rings is 3. The molecule has 30 heavy (non-hydrogen) atoms. The van der Waals surface area contributed by atoms with Gasteiger partial charge in [-0.05, 0) is 46.3 Å². The minimum atomic E-state index is -4.03. The Labute approximate surface area is 173 Å². The lowest BCUT2D eigenvalue weighted by molar-refractivity contribution is -0.138. The number of aromatic nitrogens is 1. The van der Waals surface area contributed by atoms with Gasteiger partial charge in [0.25, 0.3) is 0 Å². The summed E-state index contributed by atoms with van der Waals surface area (Å²) in [6.45, 7) is 0. The van der Waals surface area contributed by atoms with Gasteiger partial charge in [-0.3, -0.25) is 4.79 Å². The van der Waals surface area contributed by atoms with E-state index in [0.717, 1.165) is 21.5 Å². The minimum absolute atomic E-state index is 0.0136. The van der Waals surface area contributed by atoms with Crippen molar-refractivity contribution in [3.63, 3.8) is 0 Å². The van der Waals surface area contributed by atoms with Gasteiger partial charge in [-0.2, -0.15) is 4.72 Å². The van der Waals surface area contributed by atoms with Crippen LogP contribution in [-0.2, 0) is 21.2 Å². The van der Waals surface area contributed by atoms with E-state index in [-0.39, 0.29) is 11.3 Å². The molecule has 4 aromatic rings. The van der Waals surface area contributed by atoms with Crippen molar-refractivity contribution in [2.24, 2.45) is 0 Å². The van der Waals surface area contributed by atoms with Crippen LogP contribution in [-0.4, -0.2) is 30.5 Å². The second-order valence-corrected chi connectivity index (χ2v) is 8.69. The molecule has 4 rings (SSSR count). The first-order chi connectivity index (χ1) is 14.3. The summed E-state index contributed by atoms with van der Waals surface area (Å²) < 4.78 is 28.0. The maximum Gasteiger partial charge on any atom is 0.322 e. The Morgan fingerprint density at radius 1 is 1.00 bits per heavy atom. The topological polar surface area (TPSA) is 122 Å². The number of nitrogens with one attached hydrogen (secondary N) is 1. The third kappa shape index (κ3) is 3.96. The maximum absolute atomic E-state index is 12.8. The number of fused-ring (bicyclic) bond motifs is 2. The van der Waals surface area contributed by atoms with E-state index in [2.05, 4.69) is 9.71 Å². The van der Waals surface area contributed by atoms with Gasteiger partial charge in [0.1, 0.15) is 11.9 Å². The lowest BCUT2D eigenvalue weighted by Crippen LogP contribution is -2.42. The highest BCUT2D eigenvalue weighted by atomic mass is 32.2. The number of nitrogens with zero attached hydrogens (tertiary/aromatic N) is 1. The summed E-state index contributed by atoms with van der Waals surface area (Å²) in [5, 5.41) is 12.8. The van der Waals surface area contributed by atoms with Crippen LogP contribution in [0.3, 0.4) is 0 Å². The number of sulfonamides is 1. The van der Waals surface area contributed by atoms with Crippen molar-refractivity contribution in [1.29, 1.82) is 0 Å². The zero-order valence-electron chi connectivity index (χ0n) is 15.8. The number of rotatable bonds is 6. The van der Waals surface area contributed by atoms with Crippen molar-refractivity contribution in [2.75, 3.05) is 5.73 Å². The quantitative estimate of drug-likeness (QED) is 0.440. The molecular formula is C22H19N3O4S. The molecule has 152 valence electrons. The number of nitrogens with two attached hydrogens (primary N) is 1. The SMILES string of the molecule is Nc1nccc2cc(CC(NS(=O)(=O)c3ccc4ccccc4c3)C(=O)O)ccc12. The van der Waals surface area contributed by atoms with Gasteiger partial charge in [-0.1, -0.05) is 48.5 Å². The van der Waals surface area contributed by atoms with Gasteiger partial charge in [0.05, 0.1) is 4.90 Å². The molecule has 1 atom stereocenters. The van der Waals surface area contributed by atoms with Crippen molar-refractivity contribution in [3.8, 4) is 0 Å². The number of nitrogen functional groups attached to an aromatic ring is 1. The number of carboxylic acid groups (broad SMARTS) is 1. The number of pyridine rings is 1. The van der Waals surface area contributed by atoms with E-state index < -0.39 is 22.0 Å². The predicted octanol–water partition coefficient (Wildman–Crippen LogP) is 2.94. The Balaban J connectivity index is 1.62. The number of carboxylic acids is 1. The molecule has 8 heteroatoms. The highest BCUT2D eigenvalue weighted by molar-refractivity contribution is 7.89. The molecule has 3 aromatic carbocycles. The standard InChI is InChI=1S/C22H19N3O4S/c23-21-19-8-5-14(11-17(19)9-10-24-21)12-20(22(26)27)25-30(28,29)18-7-6-15-3-1-2-4-16(15)13-18/h1-11,13,20,25H,12H2,(H2,23,24)(H,26,27). The molecule has 0 amide bonds. The Morgan fingerprint density at radius 3 is 2.53 bits per heavy atom. The molecule has 4 N–H and O–H groups in total. The number of anilines is 1. The van der Waals surface area contributed by atoms with Gasteiger partial charge in [-0.15, -0.1) is 0 Å². The van der Waals surface area contributed by atoms with Crippen molar-refractivity contribution in [2.45, 2.75) is 17.4 Å². The summed E-state index contributed by atoms with van der Waals surface area (Å²) in [5.74, 6) is -0.875. The highest BCUT2D eigenvalue weighted by Gasteiger charge is 2.26. The lowest BCUT2D eigenvalue weighted by Gasteiger charge is -2.16. The summed E-state index contributed by atoms with van der Waals surface area (Å²) >= 11 is 0. The van der Waals surface area contributed by atoms with Gasteiger partial charge >= 0.3 is 5.97 Å². The largest absolute Gasteiger partial charge is 0.480 e. The van der Waals surface area contributed by atoms with Crippen molar-refractivity contribution >= 4 is 43.4 Å². The molecule has 0 saturated carbocycles. The van der Waals surface area contributed by atoms with E-state index in [0.29, 0.717) is 11.4 Å². The minimum Gasteiger partial charge on any atom is -0.480 e. The zero-order chi connectivity index (χ0) is 21.3. The van der Waals surface area contributed by atoms with E-state index in [4.69, 9.17) is 5.73 Å². The fraction of sp³-hybridized carbons (Fsp3) is 0.0909. The molecule has 0 fully saturated rings. The fourth-order valence-corrected chi connectivity index (χ4v) is 4.61. The Morgan fingerprint density at radius 2 is 1.77 bits per heavy atom. The van der Waals surface area contributed by atoms with Gasteiger partial charge in [0.2, 0.25) is 10.0 Å². The molecule has 0 radical (unpaired) electrons. The summed E-state index contributed by atoms with van der Waals surface area (Å²) in [7, 11) is -4.03. The summed E-state index contributed by atoms with van der Waals surface area (Å²) in [6, 6.07) is 17.8. The third-order valence-corrected chi connectivity index (χ3v) is 6.40. The summed E-state index contributed by atoms with van der Waals surface area (Å²) in [6.07, 6.45) is 1.55. The number of hydrogen-bond donors (Lipinski definition) is 3. The monoisotopic (exact) mass is 421 g/mol. The molecule has 0 aliphatic rings. The van der Waals surface area contributed by atoms with Crippen LogP contribution in [0.1, 0.15) is 5.56 Å². The molecule has 0 aliphatic heterocycles. The first-order valence-electron chi connectivity index (χ1n) is 9.20. The average Bonchev–Trinajstić information content (AvgIpc) is 2.73.